The SMILES string of the molecule is COc1cccc(CCC2=NC(=O)NC(c3ccc(C#N)cc3)C2C(=O)OCc2cccc(F)c2)c1. The van der Waals surface area contributed by atoms with Gasteiger partial charge in [-0.2, -0.15) is 5.26 Å². The van der Waals surface area contributed by atoms with Crippen molar-refractivity contribution in [2.24, 2.45) is 10.9 Å². The zero-order valence-corrected chi connectivity index (χ0v) is 19.6. The lowest BCUT2D eigenvalue weighted by atomic mass is 9.85. The molecule has 0 saturated heterocycles. The summed E-state index contributed by atoms with van der Waals surface area (Å²) in [7, 11) is 1.58. The molecule has 36 heavy (non-hydrogen) atoms. The van der Waals surface area contributed by atoms with Crippen LogP contribution in [0, 0.1) is 23.1 Å². The third-order valence-corrected chi connectivity index (χ3v) is 5.94. The van der Waals surface area contributed by atoms with E-state index in [-0.39, 0.29) is 6.61 Å². The lowest BCUT2D eigenvalue weighted by molar-refractivity contribution is -0.148. The van der Waals surface area contributed by atoms with Crippen LogP contribution in [0.3, 0.4) is 0 Å². The number of carbonyl (C=O) groups is 2. The van der Waals surface area contributed by atoms with E-state index < -0.39 is 29.8 Å². The summed E-state index contributed by atoms with van der Waals surface area (Å²) < 4.78 is 24.4. The number of halogens is 1. The molecule has 2 unspecified atom stereocenters. The maximum absolute atomic E-state index is 13.6. The summed E-state index contributed by atoms with van der Waals surface area (Å²) in [5, 5.41) is 11.9. The molecule has 0 fully saturated rings. The predicted molar refractivity (Wildman–Crippen MR) is 131 cm³/mol. The molecule has 2 atom stereocenters. The number of esters is 1. The van der Waals surface area contributed by atoms with Crippen LogP contribution in [0.1, 0.15) is 34.7 Å². The Morgan fingerprint density at radius 3 is 2.53 bits per heavy atom. The molecule has 0 aliphatic carbocycles. The van der Waals surface area contributed by atoms with Gasteiger partial charge in [0.25, 0.3) is 0 Å². The van der Waals surface area contributed by atoms with Crippen LogP contribution in [-0.2, 0) is 22.6 Å². The number of benzene rings is 3. The minimum absolute atomic E-state index is 0.121. The van der Waals surface area contributed by atoms with E-state index >= 15 is 0 Å². The number of urea groups is 1. The Morgan fingerprint density at radius 2 is 1.81 bits per heavy atom. The van der Waals surface area contributed by atoms with Gasteiger partial charge in [-0.1, -0.05) is 36.4 Å². The minimum atomic E-state index is -0.894. The lowest BCUT2D eigenvalue weighted by Gasteiger charge is -2.31. The standard InChI is InChI=1S/C28H24FN3O4/c1-35-23-7-3-4-18(15-23)10-13-24-25(27(33)36-17-20-5-2-6-22(29)14-20)26(32-28(34)31-24)21-11-8-19(16-30)9-12-21/h2-9,11-12,14-15,25-26H,10,13,17H2,1H3,(H,32,34). The van der Waals surface area contributed by atoms with Crippen LogP contribution in [-0.4, -0.2) is 24.8 Å². The van der Waals surface area contributed by atoms with Gasteiger partial charge in [-0.05, 0) is 65.9 Å². The van der Waals surface area contributed by atoms with Crippen molar-refractivity contribution in [3.05, 3.63) is 101 Å². The number of rotatable bonds is 8. The van der Waals surface area contributed by atoms with Gasteiger partial charge >= 0.3 is 12.0 Å². The molecule has 2 amide bonds. The van der Waals surface area contributed by atoms with E-state index in [2.05, 4.69) is 16.4 Å². The van der Waals surface area contributed by atoms with Gasteiger partial charge in [0.1, 0.15) is 24.1 Å². The lowest BCUT2D eigenvalue weighted by Crippen LogP contribution is -2.45. The fourth-order valence-electron chi connectivity index (χ4n) is 4.14. The topological polar surface area (TPSA) is 101 Å². The van der Waals surface area contributed by atoms with Crippen molar-refractivity contribution in [1.82, 2.24) is 5.32 Å². The molecular weight excluding hydrogens is 461 g/mol. The second kappa shape index (κ2) is 11.3. The molecule has 182 valence electrons. The van der Waals surface area contributed by atoms with Crippen LogP contribution < -0.4 is 10.1 Å². The average Bonchev–Trinajstić information content (AvgIpc) is 2.90. The number of hydrogen-bond donors (Lipinski definition) is 1. The third-order valence-electron chi connectivity index (χ3n) is 5.94. The summed E-state index contributed by atoms with van der Waals surface area (Å²) in [6.07, 6.45) is 0.865. The van der Waals surface area contributed by atoms with Gasteiger partial charge in [0.15, 0.2) is 0 Å². The van der Waals surface area contributed by atoms with Crippen molar-refractivity contribution in [2.45, 2.75) is 25.5 Å². The number of nitrogens with zero attached hydrogens (tertiary/aromatic N) is 2. The van der Waals surface area contributed by atoms with E-state index in [9.17, 15) is 14.0 Å². The number of carbonyl (C=O) groups excluding carboxylic acids is 2. The highest BCUT2D eigenvalue weighted by Gasteiger charge is 2.39. The Morgan fingerprint density at radius 1 is 1.06 bits per heavy atom. The summed E-state index contributed by atoms with van der Waals surface area (Å²) in [5.74, 6) is -1.20. The fourth-order valence-corrected chi connectivity index (χ4v) is 4.14. The maximum Gasteiger partial charge on any atom is 0.341 e. The summed E-state index contributed by atoms with van der Waals surface area (Å²) in [6, 6.07) is 20.7. The molecule has 7 nitrogen and oxygen atoms in total. The number of nitriles is 1. The van der Waals surface area contributed by atoms with Gasteiger partial charge in [-0.15, -0.1) is 0 Å². The molecule has 0 spiro atoms. The number of aryl methyl sites for hydroxylation is 1. The zero-order valence-electron chi connectivity index (χ0n) is 19.6. The summed E-state index contributed by atoms with van der Waals surface area (Å²) >= 11 is 0. The van der Waals surface area contributed by atoms with Crippen molar-refractivity contribution in [1.29, 1.82) is 5.26 Å². The number of ether oxygens (including phenoxy) is 2. The van der Waals surface area contributed by atoms with Gasteiger partial charge in [0, 0.05) is 5.71 Å². The van der Waals surface area contributed by atoms with E-state index in [1.807, 2.05) is 24.3 Å². The minimum Gasteiger partial charge on any atom is -0.497 e. The molecule has 0 bridgehead atoms. The second-order valence-electron chi connectivity index (χ2n) is 8.33. The van der Waals surface area contributed by atoms with E-state index in [0.29, 0.717) is 41.0 Å². The molecule has 3 aromatic carbocycles. The van der Waals surface area contributed by atoms with Crippen LogP contribution in [0.4, 0.5) is 9.18 Å². The van der Waals surface area contributed by atoms with Crippen LogP contribution in [0.25, 0.3) is 0 Å². The van der Waals surface area contributed by atoms with Gasteiger partial charge in [0.05, 0.1) is 24.8 Å². The van der Waals surface area contributed by atoms with Crippen molar-refractivity contribution in [3.63, 3.8) is 0 Å². The van der Waals surface area contributed by atoms with Crippen molar-refractivity contribution in [2.75, 3.05) is 7.11 Å². The predicted octanol–water partition coefficient (Wildman–Crippen LogP) is 4.90. The molecule has 8 heteroatoms. The first-order valence-electron chi connectivity index (χ1n) is 11.4. The first-order valence-corrected chi connectivity index (χ1v) is 11.4. The Labute approximate surface area is 208 Å². The molecule has 1 aliphatic heterocycles. The van der Waals surface area contributed by atoms with Gasteiger partial charge in [0.2, 0.25) is 0 Å². The highest BCUT2D eigenvalue weighted by atomic mass is 19.1. The average molecular weight is 486 g/mol. The summed E-state index contributed by atoms with van der Waals surface area (Å²) in [5.41, 5.74) is 2.96. The van der Waals surface area contributed by atoms with Crippen LogP contribution in [0.5, 0.6) is 5.75 Å². The Bertz CT molecular complexity index is 1330. The molecule has 0 saturated carbocycles. The Hall–Kier alpha value is -4.51. The van der Waals surface area contributed by atoms with Gasteiger partial charge in [-0.3, -0.25) is 4.79 Å². The number of methoxy groups -OCH3 is 1. The first kappa shape index (κ1) is 24.6. The highest BCUT2D eigenvalue weighted by molar-refractivity contribution is 6.09. The molecule has 1 aliphatic rings. The zero-order chi connectivity index (χ0) is 25.5. The molecule has 1 heterocycles. The van der Waals surface area contributed by atoms with Crippen molar-refractivity contribution >= 4 is 17.7 Å². The summed E-state index contributed by atoms with van der Waals surface area (Å²) in [4.78, 5) is 30.0. The molecule has 0 radical (unpaired) electrons. The summed E-state index contributed by atoms with van der Waals surface area (Å²) in [6.45, 7) is -0.121. The number of hydrogen-bond acceptors (Lipinski definition) is 5. The normalized spacial score (nSPS) is 16.9. The van der Waals surface area contributed by atoms with Crippen molar-refractivity contribution in [3.8, 4) is 11.8 Å². The number of nitrogens with one attached hydrogen (secondary N) is 1. The van der Waals surface area contributed by atoms with Gasteiger partial charge < -0.3 is 14.8 Å². The van der Waals surface area contributed by atoms with E-state index in [1.54, 1.807) is 43.5 Å². The Kier molecular flexibility index (Phi) is 7.71. The highest BCUT2D eigenvalue weighted by Crippen LogP contribution is 2.30. The van der Waals surface area contributed by atoms with Crippen LogP contribution >= 0.6 is 0 Å². The Balaban J connectivity index is 1.61. The van der Waals surface area contributed by atoms with Crippen LogP contribution in [0.2, 0.25) is 0 Å². The maximum atomic E-state index is 13.6. The first-order chi connectivity index (χ1) is 17.5. The van der Waals surface area contributed by atoms with Gasteiger partial charge in [-0.25, -0.2) is 14.2 Å². The van der Waals surface area contributed by atoms with E-state index in [4.69, 9.17) is 14.7 Å². The quantitative estimate of drug-likeness (QED) is 0.457. The van der Waals surface area contributed by atoms with Crippen LogP contribution in [0.15, 0.2) is 77.8 Å². The molecule has 4 rings (SSSR count). The fraction of sp³-hybridized carbons (Fsp3) is 0.214. The van der Waals surface area contributed by atoms with E-state index in [1.165, 1.54) is 12.1 Å². The molecule has 0 aromatic heterocycles. The third kappa shape index (κ3) is 5.94. The largest absolute Gasteiger partial charge is 0.497 e. The number of amides is 2. The van der Waals surface area contributed by atoms with E-state index in [0.717, 1.165) is 5.56 Å². The second-order valence-corrected chi connectivity index (χ2v) is 8.33. The van der Waals surface area contributed by atoms with Crippen molar-refractivity contribution < 1.29 is 23.5 Å². The molecule has 3 aromatic rings. The number of aliphatic imine (C=N–C) groups is 1. The smallest absolute Gasteiger partial charge is 0.341 e. The molecule has 1 N–H and O–H groups in total. The molecular formula is C28H24FN3O4. The monoisotopic (exact) mass is 485 g/mol.